The molecule has 58 heavy (non-hydrogen) atoms. The Kier molecular flexibility index (Phi) is 12.7. The third kappa shape index (κ3) is 10.4. The van der Waals surface area contributed by atoms with Crippen LogP contribution in [-0.4, -0.2) is 50.3 Å². The fourth-order valence-corrected chi connectivity index (χ4v) is 10.6. The Morgan fingerprint density at radius 2 is 0.707 bits per heavy atom. The van der Waals surface area contributed by atoms with Crippen molar-refractivity contribution < 1.29 is 26.3 Å². The molecule has 0 spiro atoms. The zero-order chi connectivity index (χ0) is 40.5. The van der Waals surface area contributed by atoms with Gasteiger partial charge in [0.2, 0.25) is 11.9 Å². The van der Waals surface area contributed by atoms with Gasteiger partial charge in [-0.2, -0.15) is 26.3 Å². The van der Waals surface area contributed by atoms with E-state index in [0.29, 0.717) is 12.3 Å². The number of anilines is 2. The lowest BCUT2D eigenvalue weighted by atomic mass is 10.2. The first-order chi connectivity index (χ1) is 28.0. The highest BCUT2D eigenvalue weighted by Gasteiger charge is 2.35. The maximum Gasteiger partial charge on any atom is 0.433 e. The average Bonchev–Trinajstić information content (AvgIpc) is 3.24. The molecule has 4 aromatic carbocycles. The summed E-state index contributed by atoms with van der Waals surface area (Å²) in [4.78, 5) is 20.7. The Bertz CT molecular complexity index is 2160. The van der Waals surface area contributed by atoms with E-state index in [4.69, 9.17) is 0 Å². The van der Waals surface area contributed by atoms with Gasteiger partial charge in [0.1, 0.15) is 0 Å². The first kappa shape index (κ1) is 40.4. The zero-order valence-corrected chi connectivity index (χ0v) is 32.4. The van der Waals surface area contributed by atoms with Crippen molar-refractivity contribution in [2.24, 2.45) is 0 Å². The first-order valence-electron chi connectivity index (χ1n) is 18.1. The Balaban J connectivity index is 1.14. The Hall–Kier alpha value is -5.77. The fourth-order valence-electron chi connectivity index (χ4n) is 6.13. The number of rotatable bonds is 14. The highest BCUT2D eigenvalue weighted by molar-refractivity contribution is 7.73. The summed E-state index contributed by atoms with van der Waals surface area (Å²) in [6, 6.07) is 45.4. The molecule has 0 amide bonds. The van der Waals surface area contributed by atoms with E-state index in [1.165, 1.54) is 18.2 Å². The van der Waals surface area contributed by atoms with Gasteiger partial charge in [0, 0.05) is 13.1 Å². The van der Waals surface area contributed by atoms with E-state index in [1.807, 2.05) is 121 Å². The van der Waals surface area contributed by atoms with Gasteiger partial charge in [0.05, 0.1) is 22.8 Å². The van der Waals surface area contributed by atoms with Crippen LogP contribution in [0.3, 0.4) is 0 Å². The summed E-state index contributed by atoms with van der Waals surface area (Å²) in [6.07, 6.45) is -8.47. The molecule has 7 aromatic rings. The molecule has 0 saturated heterocycles. The lowest BCUT2D eigenvalue weighted by Gasteiger charge is -2.19. The summed E-state index contributed by atoms with van der Waals surface area (Å²) < 4.78 is 85.1. The molecule has 0 radical (unpaired) electrons. The Morgan fingerprint density at radius 3 is 1.02 bits per heavy atom. The number of halogens is 6. The zero-order valence-electron chi connectivity index (χ0n) is 30.7. The number of nitrogens with one attached hydrogen (secondary N) is 2. The van der Waals surface area contributed by atoms with Gasteiger partial charge in [-0.05, 0) is 73.7 Å². The van der Waals surface area contributed by atoms with Gasteiger partial charge in [-0.3, -0.25) is 0 Å². The van der Waals surface area contributed by atoms with Crippen LogP contribution in [0.25, 0.3) is 22.8 Å². The minimum Gasteiger partial charge on any atom is -0.354 e. The molecule has 3 aromatic heterocycles. The first-order valence-corrected chi connectivity index (χ1v) is 21.2. The van der Waals surface area contributed by atoms with Crippen molar-refractivity contribution in [2.75, 3.05) is 36.0 Å². The predicted octanol–water partition coefficient (Wildman–Crippen LogP) is 9.12. The van der Waals surface area contributed by atoms with Gasteiger partial charge in [-0.1, -0.05) is 127 Å². The fraction of sp³-hybridized carbons (Fsp3) is 0.140. The van der Waals surface area contributed by atoms with Crippen molar-refractivity contribution in [2.45, 2.75) is 12.4 Å². The highest BCUT2D eigenvalue weighted by Crippen LogP contribution is 2.36. The van der Waals surface area contributed by atoms with E-state index >= 15 is 0 Å². The van der Waals surface area contributed by atoms with Gasteiger partial charge < -0.3 is 10.6 Å². The molecule has 15 heteroatoms. The number of benzene rings is 4. The molecule has 7 nitrogen and oxygen atoms in total. The maximum absolute atomic E-state index is 14.2. The highest BCUT2D eigenvalue weighted by atomic mass is 31.1. The molecule has 0 aliphatic heterocycles. The molecule has 3 heterocycles. The summed E-state index contributed by atoms with van der Waals surface area (Å²) in [5.41, 5.74) is -2.75. The topological polar surface area (TPSA) is 88.5 Å². The predicted molar refractivity (Wildman–Crippen MR) is 221 cm³/mol. The van der Waals surface area contributed by atoms with E-state index < -0.39 is 39.6 Å². The molecule has 0 aliphatic rings. The largest absolute Gasteiger partial charge is 0.433 e. The summed E-state index contributed by atoms with van der Waals surface area (Å²) in [6.45, 7) is 0.526. The van der Waals surface area contributed by atoms with Crippen molar-refractivity contribution in [3.05, 3.63) is 163 Å². The standard InChI is InChI=1S/C43H35F6N7P2/c44-42(45,46)38-28-36(53-40(55-38)50-24-26-57(30-14-5-1-6-15-30)31-16-7-2-8-17-31)34-22-13-23-35(52-34)37-29-39(43(47,48)49)56-41(54-37)51-25-27-58(32-18-9-3-10-19-32)33-20-11-4-12-21-33/h1-23,28-29H,24-27H2,(H,50,53,55)(H,51,54,56). The molecule has 294 valence electrons. The second-order valence-electron chi connectivity index (χ2n) is 12.8. The van der Waals surface area contributed by atoms with Crippen LogP contribution in [0, 0.1) is 0 Å². The Morgan fingerprint density at radius 1 is 0.379 bits per heavy atom. The van der Waals surface area contributed by atoms with Crippen LogP contribution < -0.4 is 31.9 Å². The second kappa shape index (κ2) is 18.2. The van der Waals surface area contributed by atoms with Crippen LogP contribution in [0.1, 0.15) is 11.4 Å². The van der Waals surface area contributed by atoms with Gasteiger partial charge in [0.15, 0.2) is 11.4 Å². The van der Waals surface area contributed by atoms with Gasteiger partial charge in [-0.25, -0.2) is 24.9 Å². The van der Waals surface area contributed by atoms with Gasteiger partial charge >= 0.3 is 12.4 Å². The number of pyridine rings is 1. The smallest absolute Gasteiger partial charge is 0.354 e. The monoisotopic (exact) mass is 825 g/mol. The number of hydrogen-bond acceptors (Lipinski definition) is 7. The van der Waals surface area contributed by atoms with E-state index in [-0.39, 0.29) is 47.8 Å². The van der Waals surface area contributed by atoms with E-state index in [2.05, 4.69) is 35.6 Å². The summed E-state index contributed by atoms with van der Waals surface area (Å²) >= 11 is 0. The number of alkyl halides is 6. The minimum absolute atomic E-state index is 0.0117. The Labute approximate surface area is 333 Å². The van der Waals surface area contributed by atoms with E-state index in [1.54, 1.807) is 0 Å². The number of aromatic nitrogens is 5. The normalized spacial score (nSPS) is 11.9. The number of nitrogens with zero attached hydrogens (tertiary/aromatic N) is 5. The molecule has 0 atom stereocenters. The minimum atomic E-state index is -4.82. The molecule has 0 unspecified atom stereocenters. The molecular weight excluding hydrogens is 790 g/mol. The van der Waals surface area contributed by atoms with Crippen molar-refractivity contribution in [1.29, 1.82) is 0 Å². The van der Waals surface area contributed by atoms with Crippen molar-refractivity contribution in [3.8, 4) is 22.8 Å². The van der Waals surface area contributed by atoms with Crippen LogP contribution >= 0.6 is 15.8 Å². The lowest BCUT2D eigenvalue weighted by molar-refractivity contribution is -0.141. The lowest BCUT2D eigenvalue weighted by Crippen LogP contribution is -2.19. The van der Waals surface area contributed by atoms with E-state index in [9.17, 15) is 26.3 Å². The van der Waals surface area contributed by atoms with Gasteiger partial charge in [-0.15, -0.1) is 0 Å². The van der Waals surface area contributed by atoms with Crippen molar-refractivity contribution in [3.63, 3.8) is 0 Å². The molecule has 0 fully saturated rings. The van der Waals surface area contributed by atoms with Crippen molar-refractivity contribution >= 4 is 49.0 Å². The third-order valence-electron chi connectivity index (χ3n) is 8.82. The van der Waals surface area contributed by atoms with Crippen molar-refractivity contribution in [1.82, 2.24) is 24.9 Å². The molecule has 7 rings (SSSR count). The third-order valence-corrected chi connectivity index (χ3v) is 13.8. The molecule has 2 N–H and O–H groups in total. The quantitative estimate of drug-likeness (QED) is 0.0836. The maximum atomic E-state index is 14.2. The van der Waals surface area contributed by atoms with Gasteiger partial charge in [0.25, 0.3) is 0 Å². The molecule has 0 aliphatic carbocycles. The summed E-state index contributed by atoms with van der Waals surface area (Å²) in [7, 11) is -1.70. The average molecular weight is 826 g/mol. The van der Waals surface area contributed by atoms with Crippen LogP contribution in [0.2, 0.25) is 0 Å². The SMILES string of the molecule is FC(F)(F)c1cc(-c2cccc(-c3cc(C(F)(F)F)nc(NCCP(c4ccccc4)c4ccccc4)n3)n2)nc(NCCP(c2ccccc2)c2ccccc2)n1. The van der Waals surface area contributed by atoms with Crippen LogP contribution in [0.5, 0.6) is 0 Å². The summed E-state index contributed by atoms with van der Waals surface area (Å²) in [5.74, 6) is -0.515. The van der Waals surface area contributed by atoms with E-state index in [0.717, 1.165) is 33.4 Å². The van der Waals surface area contributed by atoms with Crippen LogP contribution in [-0.2, 0) is 12.4 Å². The van der Waals surface area contributed by atoms with Crippen LogP contribution in [0.4, 0.5) is 38.2 Å². The molecule has 0 bridgehead atoms. The number of hydrogen-bond donors (Lipinski definition) is 2. The molecule has 0 saturated carbocycles. The second-order valence-corrected chi connectivity index (χ2v) is 17.5. The summed E-state index contributed by atoms with van der Waals surface area (Å²) in [5, 5.41) is 10.4. The molecular formula is C43H35F6N7P2. The van der Waals surface area contributed by atoms with Crippen LogP contribution in [0.15, 0.2) is 152 Å².